The normalized spacial score (nSPS) is 10.3. The topological polar surface area (TPSA) is 17.8 Å². The molecule has 0 atom stereocenters. The summed E-state index contributed by atoms with van der Waals surface area (Å²) in [6.45, 7) is 0. The van der Waals surface area contributed by atoms with Gasteiger partial charge in [-0.1, -0.05) is 15.9 Å². The molecule has 1 aromatic heterocycles. The molecular formula is C9H5Br2N2. The van der Waals surface area contributed by atoms with Crippen LogP contribution in [0.4, 0.5) is 0 Å². The maximum absolute atomic E-state index is 4.09. The van der Waals surface area contributed by atoms with Crippen LogP contribution >= 0.6 is 31.9 Å². The molecule has 0 fully saturated rings. The Hall–Kier alpha value is -0.610. The third-order valence-corrected chi connectivity index (χ3v) is 2.74. The minimum absolute atomic E-state index is 0.999. The molecular weight excluding hydrogens is 296 g/mol. The van der Waals surface area contributed by atoms with Gasteiger partial charge >= 0.3 is 0 Å². The zero-order valence-electron chi connectivity index (χ0n) is 6.54. The SMILES string of the molecule is Brc1ccc(-n2c[c]cn2)c(Br)c1. The van der Waals surface area contributed by atoms with Gasteiger partial charge in [0.2, 0.25) is 0 Å². The largest absolute Gasteiger partial charge is 0.239 e. The van der Waals surface area contributed by atoms with Crippen LogP contribution in [0.3, 0.4) is 0 Å². The number of hydrogen-bond acceptors (Lipinski definition) is 1. The molecule has 2 rings (SSSR count). The highest BCUT2D eigenvalue weighted by Crippen LogP contribution is 2.24. The van der Waals surface area contributed by atoms with Crippen molar-refractivity contribution in [2.75, 3.05) is 0 Å². The number of benzene rings is 1. The van der Waals surface area contributed by atoms with Crippen LogP contribution in [-0.4, -0.2) is 9.78 Å². The molecule has 0 amide bonds. The molecule has 13 heavy (non-hydrogen) atoms. The number of hydrogen-bond donors (Lipinski definition) is 0. The molecule has 0 spiro atoms. The van der Waals surface area contributed by atoms with Crippen molar-refractivity contribution in [3.05, 3.63) is 45.6 Å². The minimum atomic E-state index is 0.999. The molecule has 0 aliphatic carbocycles. The summed E-state index contributed by atoms with van der Waals surface area (Å²) < 4.78 is 3.80. The van der Waals surface area contributed by atoms with Crippen LogP contribution in [0.2, 0.25) is 0 Å². The molecule has 0 unspecified atom stereocenters. The van der Waals surface area contributed by atoms with Crippen molar-refractivity contribution in [2.24, 2.45) is 0 Å². The molecule has 0 aliphatic heterocycles. The van der Waals surface area contributed by atoms with Gasteiger partial charge in [-0.3, -0.25) is 0 Å². The van der Waals surface area contributed by atoms with E-state index in [0.717, 1.165) is 14.6 Å². The highest BCUT2D eigenvalue weighted by molar-refractivity contribution is 9.11. The van der Waals surface area contributed by atoms with Crippen molar-refractivity contribution in [2.45, 2.75) is 0 Å². The van der Waals surface area contributed by atoms with Gasteiger partial charge < -0.3 is 0 Å². The Labute approximate surface area is 92.8 Å². The maximum Gasteiger partial charge on any atom is 0.0788 e. The minimum Gasteiger partial charge on any atom is -0.239 e. The van der Waals surface area contributed by atoms with E-state index in [9.17, 15) is 0 Å². The van der Waals surface area contributed by atoms with Gasteiger partial charge in [0.05, 0.1) is 11.9 Å². The lowest BCUT2D eigenvalue weighted by atomic mass is 10.3. The van der Waals surface area contributed by atoms with Gasteiger partial charge in [-0.25, -0.2) is 4.68 Å². The van der Waals surface area contributed by atoms with Crippen molar-refractivity contribution in [1.82, 2.24) is 9.78 Å². The predicted molar refractivity (Wildman–Crippen MR) is 57.8 cm³/mol. The van der Waals surface area contributed by atoms with E-state index in [4.69, 9.17) is 0 Å². The Morgan fingerprint density at radius 2 is 2.15 bits per heavy atom. The fraction of sp³-hybridized carbons (Fsp3) is 0. The van der Waals surface area contributed by atoms with Gasteiger partial charge in [0, 0.05) is 21.2 Å². The van der Waals surface area contributed by atoms with Gasteiger partial charge in [-0.15, -0.1) is 0 Å². The Bertz CT molecular complexity index is 410. The summed E-state index contributed by atoms with van der Waals surface area (Å²) in [4.78, 5) is 0. The van der Waals surface area contributed by atoms with Gasteiger partial charge in [-0.2, -0.15) is 5.10 Å². The van der Waals surface area contributed by atoms with Gasteiger partial charge in [-0.05, 0) is 34.1 Å². The standard InChI is InChI=1S/C9H5Br2N2/c10-7-2-3-9(8(11)6-7)13-5-1-4-12-13/h2-6H. The third-order valence-electron chi connectivity index (χ3n) is 1.61. The molecule has 1 aromatic carbocycles. The van der Waals surface area contributed by atoms with Crippen molar-refractivity contribution < 1.29 is 0 Å². The van der Waals surface area contributed by atoms with E-state index in [1.54, 1.807) is 17.1 Å². The quantitative estimate of drug-likeness (QED) is 0.791. The second kappa shape index (κ2) is 3.64. The monoisotopic (exact) mass is 299 g/mol. The first kappa shape index (κ1) is 8.97. The highest BCUT2D eigenvalue weighted by Gasteiger charge is 2.01. The van der Waals surface area contributed by atoms with E-state index in [1.165, 1.54) is 0 Å². The van der Waals surface area contributed by atoms with Crippen LogP contribution in [0.15, 0.2) is 39.5 Å². The molecule has 65 valence electrons. The summed E-state index contributed by atoms with van der Waals surface area (Å²) in [5.74, 6) is 0. The molecule has 0 saturated heterocycles. The van der Waals surface area contributed by atoms with Crippen LogP contribution in [0, 0.1) is 6.07 Å². The fourth-order valence-electron chi connectivity index (χ4n) is 1.03. The number of nitrogens with zero attached hydrogens (tertiary/aromatic N) is 2. The van der Waals surface area contributed by atoms with Gasteiger partial charge in [0.1, 0.15) is 0 Å². The van der Waals surface area contributed by atoms with E-state index in [2.05, 4.69) is 43.0 Å². The Morgan fingerprint density at radius 3 is 2.77 bits per heavy atom. The van der Waals surface area contributed by atoms with Crippen LogP contribution in [0.25, 0.3) is 5.69 Å². The highest BCUT2D eigenvalue weighted by atomic mass is 79.9. The summed E-state index contributed by atoms with van der Waals surface area (Å²) in [6, 6.07) is 8.83. The first-order chi connectivity index (χ1) is 6.27. The fourth-order valence-corrected chi connectivity index (χ4v) is 2.26. The molecule has 0 N–H and O–H groups in total. The van der Waals surface area contributed by atoms with Crippen LogP contribution in [0.5, 0.6) is 0 Å². The molecule has 0 bridgehead atoms. The second-order valence-electron chi connectivity index (χ2n) is 2.48. The average Bonchev–Trinajstić information content (AvgIpc) is 2.56. The molecule has 4 heteroatoms. The van der Waals surface area contributed by atoms with Crippen molar-refractivity contribution in [3.63, 3.8) is 0 Å². The van der Waals surface area contributed by atoms with E-state index in [1.807, 2.05) is 18.2 Å². The Kier molecular flexibility index (Phi) is 2.51. The molecule has 2 aromatic rings. The van der Waals surface area contributed by atoms with E-state index in [-0.39, 0.29) is 0 Å². The smallest absolute Gasteiger partial charge is 0.0788 e. The Balaban J connectivity index is 2.53. The molecule has 0 saturated carbocycles. The lowest BCUT2D eigenvalue weighted by Crippen LogP contribution is -1.94. The van der Waals surface area contributed by atoms with Gasteiger partial charge in [0.25, 0.3) is 0 Å². The average molecular weight is 301 g/mol. The number of aromatic nitrogens is 2. The third kappa shape index (κ3) is 1.84. The molecule has 2 nitrogen and oxygen atoms in total. The lowest BCUT2D eigenvalue weighted by molar-refractivity contribution is 0.876. The number of halogens is 2. The first-order valence-electron chi connectivity index (χ1n) is 3.63. The number of rotatable bonds is 1. The summed E-state index contributed by atoms with van der Waals surface area (Å²) in [5, 5.41) is 4.09. The summed E-state index contributed by atoms with van der Waals surface area (Å²) >= 11 is 6.86. The van der Waals surface area contributed by atoms with Crippen molar-refractivity contribution >= 4 is 31.9 Å². The molecule has 1 heterocycles. The first-order valence-corrected chi connectivity index (χ1v) is 5.22. The van der Waals surface area contributed by atoms with Crippen LogP contribution in [-0.2, 0) is 0 Å². The van der Waals surface area contributed by atoms with E-state index in [0.29, 0.717) is 0 Å². The summed E-state index contributed by atoms with van der Waals surface area (Å²) in [7, 11) is 0. The maximum atomic E-state index is 4.09. The zero-order valence-corrected chi connectivity index (χ0v) is 9.71. The van der Waals surface area contributed by atoms with Crippen LogP contribution < -0.4 is 0 Å². The molecule has 1 radical (unpaired) electrons. The lowest BCUT2D eigenvalue weighted by Gasteiger charge is -2.03. The second-order valence-corrected chi connectivity index (χ2v) is 4.25. The van der Waals surface area contributed by atoms with Crippen molar-refractivity contribution in [3.8, 4) is 5.69 Å². The Morgan fingerprint density at radius 1 is 1.31 bits per heavy atom. The zero-order chi connectivity index (χ0) is 9.26. The summed E-state index contributed by atoms with van der Waals surface area (Å²) in [5.41, 5.74) is 1.00. The van der Waals surface area contributed by atoms with Crippen molar-refractivity contribution in [1.29, 1.82) is 0 Å². The predicted octanol–water partition coefficient (Wildman–Crippen LogP) is 3.20. The van der Waals surface area contributed by atoms with E-state index < -0.39 is 0 Å². The van der Waals surface area contributed by atoms with E-state index >= 15 is 0 Å². The summed E-state index contributed by atoms with van der Waals surface area (Å²) in [6.07, 6.45) is 3.42. The van der Waals surface area contributed by atoms with Gasteiger partial charge in [0.15, 0.2) is 0 Å². The van der Waals surface area contributed by atoms with Crippen LogP contribution in [0.1, 0.15) is 0 Å². The molecule has 0 aliphatic rings.